The second kappa shape index (κ2) is 3.58. The Balaban J connectivity index is 2.16. The predicted molar refractivity (Wildman–Crippen MR) is 67.8 cm³/mol. The van der Waals surface area contributed by atoms with Gasteiger partial charge in [-0.15, -0.1) is 0 Å². The summed E-state index contributed by atoms with van der Waals surface area (Å²) in [7, 11) is 0. The summed E-state index contributed by atoms with van der Waals surface area (Å²) in [4.78, 5) is 0. The topological polar surface area (TPSA) is 35.8 Å². The van der Waals surface area contributed by atoms with Gasteiger partial charge >= 0.3 is 0 Å². The van der Waals surface area contributed by atoms with E-state index in [1.165, 1.54) is 17.5 Å². The second-order valence-corrected chi connectivity index (χ2v) is 5.70. The molecule has 1 heterocycles. The molecule has 1 N–H and O–H groups in total. The van der Waals surface area contributed by atoms with Crippen LogP contribution in [0, 0.1) is 17.2 Å². The summed E-state index contributed by atoms with van der Waals surface area (Å²) >= 11 is 0. The minimum Gasteiger partial charge on any atom is -0.313 e. The highest BCUT2D eigenvalue weighted by atomic mass is 14.9. The third kappa shape index (κ3) is 1.42. The number of piperidine rings is 1. The zero-order valence-corrected chi connectivity index (χ0v) is 10.5. The molecule has 2 aliphatic rings. The van der Waals surface area contributed by atoms with Crippen LogP contribution in [0.5, 0.6) is 0 Å². The first-order valence-corrected chi connectivity index (χ1v) is 6.42. The molecule has 0 saturated carbocycles. The SMILES string of the molecule is C[C@@H]1[C@H]2Cc3cc(C#N)ccc3[C@]1(C)CCN2. The van der Waals surface area contributed by atoms with E-state index in [0.29, 0.717) is 12.0 Å². The summed E-state index contributed by atoms with van der Waals surface area (Å²) in [5, 5.41) is 12.6. The molecule has 2 heteroatoms. The molecule has 2 bridgehead atoms. The number of nitrogens with zero attached hydrogens (tertiary/aromatic N) is 1. The van der Waals surface area contributed by atoms with Crippen molar-refractivity contribution in [3.05, 3.63) is 34.9 Å². The molecule has 0 amide bonds. The Morgan fingerprint density at radius 2 is 2.29 bits per heavy atom. The Kier molecular flexibility index (Phi) is 2.27. The van der Waals surface area contributed by atoms with E-state index < -0.39 is 0 Å². The van der Waals surface area contributed by atoms with Gasteiger partial charge in [-0.25, -0.2) is 0 Å². The molecular formula is C15H18N2. The number of hydrogen-bond acceptors (Lipinski definition) is 2. The summed E-state index contributed by atoms with van der Waals surface area (Å²) in [5.74, 6) is 0.677. The first-order chi connectivity index (χ1) is 8.15. The van der Waals surface area contributed by atoms with Crippen molar-refractivity contribution in [3.63, 3.8) is 0 Å². The first-order valence-electron chi connectivity index (χ1n) is 6.42. The Bertz CT molecular complexity index is 500. The van der Waals surface area contributed by atoms with Gasteiger partial charge in [0.2, 0.25) is 0 Å². The fraction of sp³-hybridized carbons (Fsp3) is 0.533. The van der Waals surface area contributed by atoms with Crippen molar-refractivity contribution in [3.8, 4) is 6.07 Å². The van der Waals surface area contributed by atoms with Crippen molar-refractivity contribution in [2.24, 2.45) is 5.92 Å². The molecule has 3 atom stereocenters. The van der Waals surface area contributed by atoms with E-state index in [1.54, 1.807) is 0 Å². The minimum absolute atomic E-state index is 0.289. The zero-order valence-electron chi connectivity index (χ0n) is 10.5. The first kappa shape index (κ1) is 10.8. The van der Waals surface area contributed by atoms with Crippen molar-refractivity contribution in [1.82, 2.24) is 5.32 Å². The second-order valence-electron chi connectivity index (χ2n) is 5.70. The lowest BCUT2D eigenvalue weighted by atomic mass is 9.59. The Morgan fingerprint density at radius 1 is 1.47 bits per heavy atom. The number of nitriles is 1. The number of nitrogens with one attached hydrogen (secondary N) is 1. The summed E-state index contributed by atoms with van der Waals surface area (Å²) in [6.45, 7) is 5.86. The molecule has 1 aliphatic heterocycles. The van der Waals surface area contributed by atoms with E-state index in [0.717, 1.165) is 18.5 Å². The van der Waals surface area contributed by atoms with E-state index >= 15 is 0 Å². The minimum atomic E-state index is 0.289. The molecule has 88 valence electrons. The van der Waals surface area contributed by atoms with Gasteiger partial charge in [-0.1, -0.05) is 19.9 Å². The summed E-state index contributed by atoms with van der Waals surface area (Å²) in [5.41, 5.74) is 3.93. The normalized spacial score (nSPS) is 34.9. The maximum Gasteiger partial charge on any atom is 0.0991 e. The van der Waals surface area contributed by atoms with Crippen molar-refractivity contribution in [1.29, 1.82) is 5.26 Å². The van der Waals surface area contributed by atoms with Gasteiger partial charge in [0.15, 0.2) is 0 Å². The van der Waals surface area contributed by atoms with Gasteiger partial charge in [-0.2, -0.15) is 5.26 Å². The molecule has 2 nitrogen and oxygen atoms in total. The maximum atomic E-state index is 8.99. The third-order valence-corrected chi connectivity index (χ3v) is 4.95. The maximum absolute atomic E-state index is 8.99. The molecule has 1 saturated heterocycles. The van der Waals surface area contributed by atoms with Gasteiger partial charge in [0.05, 0.1) is 11.6 Å². The molecule has 1 aromatic rings. The lowest BCUT2D eigenvalue weighted by molar-refractivity contribution is 0.158. The zero-order chi connectivity index (χ0) is 12.0. The average Bonchev–Trinajstić information content (AvgIpc) is 2.32. The van der Waals surface area contributed by atoms with Crippen LogP contribution in [0.3, 0.4) is 0 Å². The van der Waals surface area contributed by atoms with Gasteiger partial charge in [0.1, 0.15) is 0 Å². The van der Waals surface area contributed by atoms with Crippen molar-refractivity contribution < 1.29 is 0 Å². The Hall–Kier alpha value is -1.33. The lowest BCUT2D eigenvalue weighted by Gasteiger charge is -2.50. The highest BCUT2D eigenvalue weighted by Crippen LogP contribution is 2.45. The molecule has 0 aromatic heterocycles. The van der Waals surface area contributed by atoms with Crippen molar-refractivity contribution >= 4 is 0 Å². The fourth-order valence-electron chi connectivity index (χ4n) is 3.62. The van der Waals surface area contributed by atoms with Crippen molar-refractivity contribution in [2.75, 3.05) is 6.54 Å². The van der Waals surface area contributed by atoms with Crippen LogP contribution in [-0.4, -0.2) is 12.6 Å². The van der Waals surface area contributed by atoms with Gasteiger partial charge in [0.25, 0.3) is 0 Å². The molecule has 1 aromatic carbocycles. The van der Waals surface area contributed by atoms with Gasteiger partial charge in [0, 0.05) is 6.04 Å². The summed E-state index contributed by atoms with van der Waals surface area (Å²) < 4.78 is 0. The quantitative estimate of drug-likeness (QED) is 0.737. The number of hydrogen-bond donors (Lipinski definition) is 1. The van der Waals surface area contributed by atoms with Crippen LogP contribution < -0.4 is 5.32 Å². The van der Waals surface area contributed by atoms with Crippen LogP contribution in [0.25, 0.3) is 0 Å². The molecule has 17 heavy (non-hydrogen) atoms. The monoisotopic (exact) mass is 226 g/mol. The summed E-state index contributed by atoms with van der Waals surface area (Å²) in [6, 6.07) is 9.07. The largest absolute Gasteiger partial charge is 0.313 e. The fourth-order valence-corrected chi connectivity index (χ4v) is 3.62. The van der Waals surface area contributed by atoms with E-state index in [1.807, 2.05) is 6.07 Å². The number of benzene rings is 1. The standard InChI is InChI=1S/C15H18N2/c1-10-14-8-12-7-11(9-16)3-4-13(12)15(10,2)5-6-17-14/h3-4,7,10,14,17H,5-6,8H2,1-2H3/t10-,14-,15-/m1/s1. The van der Waals surface area contributed by atoms with Crippen LogP contribution >= 0.6 is 0 Å². The van der Waals surface area contributed by atoms with Crippen LogP contribution in [0.2, 0.25) is 0 Å². The number of rotatable bonds is 0. The smallest absolute Gasteiger partial charge is 0.0991 e. The lowest BCUT2D eigenvalue weighted by Crippen LogP contribution is -2.56. The third-order valence-electron chi connectivity index (χ3n) is 4.95. The highest BCUT2D eigenvalue weighted by molar-refractivity contribution is 5.45. The predicted octanol–water partition coefficient (Wildman–Crippen LogP) is 2.37. The molecule has 1 fully saturated rings. The Labute approximate surface area is 103 Å². The van der Waals surface area contributed by atoms with Crippen LogP contribution in [0.4, 0.5) is 0 Å². The van der Waals surface area contributed by atoms with Crippen molar-refractivity contribution in [2.45, 2.75) is 38.1 Å². The van der Waals surface area contributed by atoms with E-state index in [4.69, 9.17) is 5.26 Å². The van der Waals surface area contributed by atoms with E-state index in [-0.39, 0.29) is 5.41 Å². The average molecular weight is 226 g/mol. The van der Waals surface area contributed by atoms with E-state index in [9.17, 15) is 0 Å². The van der Waals surface area contributed by atoms with Gasteiger partial charge in [-0.3, -0.25) is 0 Å². The van der Waals surface area contributed by atoms with Gasteiger partial charge < -0.3 is 5.32 Å². The molecule has 1 aliphatic carbocycles. The highest BCUT2D eigenvalue weighted by Gasteiger charge is 2.45. The molecule has 0 radical (unpaired) electrons. The Morgan fingerprint density at radius 3 is 3.06 bits per heavy atom. The molecule has 0 unspecified atom stereocenters. The van der Waals surface area contributed by atoms with Crippen LogP contribution in [0.1, 0.15) is 37.0 Å². The summed E-state index contributed by atoms with van der Waals surface area (Å²) in [6.07, 6.45) is 2.27. The van der Waals surface area contributed by atoms with Crippen LogP contribution in [-0.2, 0) is 11.8 Å². The molecular weight excluding hydrogens is 208 g/mol. The molecule has 3 rings (SSSR count). The van der Waals surface area contributed by atoms with Gasteiger partial charge in [-0.05, 0) is 54.0 Å². The van der Waals surface area contributed by atoms with Crippen LogP contribution in [0.15, 0.2) is 18.2 Å². The number of fused-ring (bicyclic) bond motifs is 4. The molecule has 0 spiro atoms. The van der Waals surface area contributed by atoms with E-state index in [2.05, 4.69) is 37.4 Å².